The van der Waals surface area contributed by atoms with E-state index in [1.165, 1.54) is 16.4 Å². The van der Waals surface area contributed by atoms with E-state index in [-0.39, 0.29) is 17.3 Å². The Morgan fingerprint density at radius 1 is 1.10 bits per heavy atom. The molecule has 1 atom stereocenters. The first kappa shape index (κ1) is 20.3. The molecule has 152 valence electrons. The highest BCUT2D eigenvalue weighted by Gasteiger charge is 2.36. The van der Waals surface area contributed by atoms with Crippen LogP contribution in [0.2, 0.25) is 5.02 Å². The highest BCUT2D eigenvalue weighted by Crippen LogP contribution is 2.31. The Kier molecular flexibility index (Phi) is 5.92. The van der Waals surface area contributed by atoms with E-state index in [4.69, 9.17) is 11.6 Å². The second-order valence-corrected chi connectivity index (χ2v) is 10.6. The number of benzene rings is 2. The van der Waals surface area contributed by atoms with Crippen LogP contribution in [0, 0.1) is 0 Å². The summed E-state index contributed by atoms with van der Waals surface area (Å²) in [5, 5.41) is 4.39. The Bertz CT molecular complexity index is 1090. The van der Waals surface area contributed by atoms with Gasteiger partial charge in [-0.15, -0.1) is 11.3 Å². The van der Waals surface area contributed by atoms with Crippen molar-refractivity contribution in [2.45, 2.75) is 36.7 Å². The van der Waals surface area contributed by atoms with Crippen LogP contribution in [0.3, 0.4) is 0 Å². The number of carbonyl (C=O) groups is 1. The second kappa shape index (κ2) is 8.44. The van der Waals surface area contributed by atoms with Gasteiger partial charge in [0.25, 0.3) is 0 Å². The molecule has 29 heavy (non-hydrogen) atoms. The standard InChI is InChI=1S/C21H21ClN2O3S2/c22-16-8-10-18(11-9-16)29(26,27)24(19-6-3-4-12-23-21(19)25)14-17-13-15-5-1-2-7-20(15)28-17/h1-2,5,7-11,13,19H,3-4,6,12,14H2,(H,23,25)/t19-/m1/s1. The fourth-order valence-corrected chi connectivity index (χ4v) is 6.44. The molecule has 5 nitrogen and oxygen atoms in total. The van der Waals surface area contributed by atoms with E-state index in [2.05, 4.69) is 5.32 Å². The topological polar surface area (TPSA) is 66.5 Å². The van der Waals surface area contributed by atoms with Crippen LogP contribution in [0.1, 0.15) is 24.1 Å². The van der Waals surface area contributed by atoms with Crippen molar-refractivity contribution in [2.75, 3.05) is 6.54 Å². The lowest BCUT2D eigenvalue weighted by molar-refractivity contribution is -0.124. The number of halogens is 1. The minimum atomic E-state index is -3.88. The number of thiophene rings is 1. The largest absolute Gasteiger partial charge is 0.355 e. The van der Waals surface area contributed by atoms with Crippen molar-refractivity contribution in [3.63, 3.8) is 0 Å². The molecule has 1 N–H and O–H groups in total. The molecule has 1 aromatic heterocycles. The number of amides is 1. The summed E-state index contributed by atoms with van der Waals surface area (Å²) in [5.41, 5.74) is 0. The van der Waals surface area contributed by atoms with Crippen molar-refractivity contribution in [2.24, 2.45) is 0 Å². The lowest BCUT2D eigenvalue weighted by atomic mass is 10.1. The van der Waals surface area contributed by atoms with Crippen molar-refractivity contribution in [3.05, 3.63) is 64.5 Å². The quantitative estimate of drug-likeness (QED) is 0.628. The van der Waals surface area contributed by atoms with Crippen molar-refractivity contribution in [1.82, 2.24) is 9.62 Å². The summed E-state index contributed by atoms with van der Waals surface area (Å²) in [7, 11) is -3.88. The Hall–Kier alpha value is -1.93. The van der Waals surface area contributed by atoms with Gasteiger partial charge in [0.2, 0.25) is 15.9 Å². The number of fused-ring (bicyclic) bond motifs is 1. The van der Waals surface area contributed by atoms with Gasteiger partial charge in [-0.05, 0) is 61.0 Å². The lowest BCUT2D eigenvalue weighted by Gasteiger charge is -2.28. The molecule has 0 spiro atoms. The van der Waals surface area contributed by atoms with Gasteiger partial charge in [0, 0.05) is 27.7 Å². The van der Waals surface area contributed by atoms with Crippen molar-refractivity contribution in [1.29, 1.82) is 0 Å². The normalized spacial score (nSPS) is 18.0. The number of hydrogen-bond acceptors (Lipinski definition) is 4. The Labute approximate surface area is 179 Å². The molecular formula is C21H21ClN2O3S2. The summed E-state index contributed by atoms with van der Waals surface area (Å²) in [6.07, 6.45) is 2.14. The van der Waals surface area contributed by atoms with Crippen LogP contribution in [0.4, 0.5) is 0 Å². The van der Waals surface area contributed by atoms with Crippen LogP contribution >= 0.6 is 22.9 Å². The Balaban J connectivity index is 1.75. The minimum absolute atomic E-state index is 0.139. The first-order chi connectivity index (χ1) is 13.9. The van der Waals surface area contributed by atoms with E-state index in [1.54, 1.807) is 23.5 Å². The predicted octanol–water partition coefficient (Wildman–Crippen LogP) is 4.41. The van der Waals surface area contributed by atoms with Gasteiger partial charge in [0.15, 0.2) is 0 Å². The van der Waals surface area contributed by atoms with Crippen molar-refractivity contribution in [3.8, 4) is 0 Å². The van der Waals surface area contributed by atoms with E-state index in [1.807, 2.05) is 30.3 Å². The van der Waals surface area contributed by atoms with Gasteiger partial charge in [-0.1, -0.05) is 29.8 Å². The average Bonchev–Trinajstić information content (AvgIpc) is 3.00. The molecule has 0 unspecified atom stereocenters. The molecule has 1 aliphatic rings. The zero-order valence-corrected chi connectivity index (χ0v) is 18.1. The summed E-state index contributed by atoms with van der Waals surface area (Å²) < 4.78 is 29.5. The van der Waals surface area contributed by atoms with Crippen LogP contribution in [0.5, 0.6) is 0 Å². The third kappa shape index (κ3) is 4.33. The molecule has 2 aromatic carbocycles. The average molecular weight is 449 g/mol. The van der Waals surface area contributed by atoms with Crippen LogP contribution in [-0.4, -0.2) is 31.2 Å². The monoisotopic (exact) mass is 448 g/mol. The highest BCUT2D eigenvalue weighted by molar-refractivity contribution is 7.89. The van der Waals surface area contributed by atoms with Gasteiger partial charge >= 0.3 is 0 Å². The molecule has 3 aromatic rings. The molecule has 0 aliphatic carbocycles. The van der Waals surface area contributed by atoms with E-state index < -0.39 is 16.1 Å². The van der Waals surface area contributed by atoms with Gasteiger partial charge in [-0.3, -0.25) is 4.79 Å². The molecule has 2 heterocycles. The number of hydrogen-bond donors (Lipinski definition) is 1. The van der Waals surface area contributed by atoms with Gasteiger partial charge in [0.1, 0.15) is 6.04 Å². The molecule has 1 aliphatic heterocycles. The third-order valence-electron chi connectivity index (χ3n) is 5.06. The fourth-order valence-electron chi connectivity index (χ4n) is 3.57. The van der Waals surface area contributed by atoms with E-state index >= 15 is 0 Å². The molecule has 0 bridgehead atoms. The van der Waals surface area contributed by atoms with Gasteiger partial charge < -0.3 is 5.32 Å². The molecule has 0 saturated carbocycles. The van der Waals surface area contributed by atoms with E-state index in [0.29, 0.717) is 18.0 Å². The summed E-state index contributed by atoms with van der Waals surface area (Å²) in [6.45, 7) is 0.732. The fraction of sp³-hybridized carbons (Fsp3) is 0.286. The zero-order valence-electron chi connectivity index (χ0n) is 15.7. The van der Waals surface area contributed by atoms with Crippen LogP contribution < -0.4 is 5.32 Å². The Morgan fingerprint density at radius 2 is 1.86 bits per heavy atom. The number of nitrogens with one attached hydrogen (secondary N) is 1. The van der Waals surface area contributed by atoms with Crippen LogP contribution in [-0.2, 0) is 21.4 Å². The molecule has 1 amide bonds. The third-order valence-corrected chi connectivity index (χ3v) is 8.28. The minimum Gasteiger partial charge on any atom is -0.355 e. The van der Waals surface area contributed by atoms with Crippen molar-refractivity contribution >= 4 is 49.0 Å². The SMILES string of the molecule is O=C1NCCCC[C@H]1N(Cc1cc2ccccc2s1)S(=O)(=O)c1ccc(Cl)cc1. The second-order valence-electron chi connectivity index (χ2n) is 7.06. The van der Waals surface area contributed by atoms with E-state index in [0.717, 1.165) is 27.8 Å². The highest BCUT2D eigenvalue weighted by atomic mass is 35.5. The first-order valence-electron chi connectivity index (χ1n) is 9.48. The lowest BCUT2D eigenvalue weighted by Crippen LogP contribution is -2.48. The summed E-state index contributed by atoms with van der Waals surface area (Å²) in [6, 6.07) is 15.3. The number of carbonyl (C=O) groups excluding carboxylic acids is 1. The first-order valence-corrected chi connectivity index (χ1v) is 12.1. The maximum Gasteiger partial charge on any atom is 0.244 e. The van der Waals surface area contributed by atoms with Crippen LogP contribution in [0.15, 0.2) is 59.5 Å². The molecule has 4 rings (SSSR count). The number of sulfonamides is 1. The molecular weight excluding hydrogens is 428 g/mol. The van der Waals surface area contributed by atoms with Crippen LogP contribution in [0.25, 0.3) is 10.1 Å². The summed E-state index contributed by atoms with van der Waals surface area (Å²) in [4.78, 5) is 13.8. The maximum absolute atomic E-state index is 13.5. The Morgan fingerprint density at radius 3 is 2.62 bits per heavy atom. The summed E-state index contributed by atoms with van der Waals surface area (Å²) in [5.74, 6) is -0.235. The molecule has 0 radical (unpaired) electrons. The number of rotatable bonds is 5. The number of nitrogens with zero attached hydrogens (tertiary/aromatic N) is 1. The van der Waals surface area contributed by atoms with Crippen molar-refractivity contribution < 1.29 is 13.2 Å². The zero-order chi connectivity index (χ0) is 20.4. The summed E-state index contributed by atoms with van der Waals surface area (Å²) >= 11 is 7.49. The van der Waals surface area contributed by atoms with E-state index in [9.17, 15) is 13.2 Å². The van der Waals surface area contributed by atoms with Gasteiger partial charge in [0.05, 0.1) is 4.90 Å². The van der Waals surface area contributed by atoms with Gasteiger partial charge in [-0.25, -0.2) is 8.42 Å². The predicted molar refractivity (Wildman–Crippen MR) is 117 cm³/mol. The van der Waals surface area contributed by atoms with Gasteiger partial charge in [-0.2, -0.15) is 4.31 Å². The maximum atomic E-state index is 13.5. The smallest absolute Gasteiger partial charge is 0.244 e. The molecule has 1 saturated heterocycles. The molecule has 8 heteroatoms. The molecule has 1 fully saturated rings.